The van der Waals surface area contributed by atoms with E-state index >= 15 is 0 Å². The van der Waals surface area contributed by atoms with E-state index in [1.54, 1.807) is 24.3 Å². The van der Waals surface area contributed by atoms with E-state index < -0.39 is 21.8 Å². The maximum atomic E-state index is 12.6. The third-order valence-electron chi connectivity index (χ3n) is 4.23. The molecule has 3 rings (SSSR count). The molecule has 26 heavy (non-hydrogen) atoms. The minimum atomic E-state index is -3.58. The summed E-state index contributed by atoms with van der Waals surface area (Å²) >= 11 is 0. The Morgan fingerprint density at radius 1 is 0.962 bits per heavy atom. The van der Waals surface area contributed by atoms with Crippen molar-refractivity contribution in [2.75, 3.05) is 18.4 Å². The van der Waals surface area contributed by atoms with Crippen LogP contribution in [0.5, 0.6) is 0 Å². The topological polar surface area (TPSA) is 110 Å². The van der Waals surface area contributed by atoms with E-state index in [0.29, 0.717) is 24.3 Å². The Hall–Kier alpha value is -2.71. The highest BCUT2D eigenvalue weighted by atomic mass is 32.2. The fraction of sp³-hybridized carbons (Fsp3) is 0.222. The van der Waals surface area contributed by atoms with Gasteiger partial charge in [-0.3, -0.25) is 9.59 Å². The molecule has 0 unspecified atom stereocenters. The zero-order chi connectivity index (χ0) is 18.7. The van der Waals surface area contributed by atoms with Crippen LogP contribution >= 0.6 is 0 Å². The Morgan fingerprint density at radius 2 is 1.62 bits per heavy atom. The monoisotopic (exact) mass is 373 g/mol. The van der Waals surface area contributed by atoms with Crippen LogP contribution in [-0.2, 0) is 10.0 Å². The number of carbonyl (C=O) groups excluding carboxylic acids is 2. The molecule has 2 amide bonds. The zero-order valence-corrected chi connectivity index (χ0v) is 14.8. The fourth-order valence-corrected chi connectivity index (χ4v) is 4.36. The van der Waals surface area contributed by atoms with Crippen LogP contribution in [0.4, 0.5) is 5.69 Å². The van der Waals surface area contributed by atoms with E-state index in [0.717, 1.165) is 12.8 Å². The van der Waals surface area contributed by atoms with Crippen molar-refractivity contribution in [3.05, 3.63) is 59.7 Å². The maximum Gasteiger partial charge on any atom is 0.255 e. The van der Waals surface area contributed by atoms with Gasteiger partial charge in [-0.15, -0.1) is 0 Å². The fourth-order valence-electron chi connectivity index (χ4n) is 2.80. The number of primary amides is 1. The number of sulfonamides is 1. The highest BCUT2D eigenvalue weighted by Gasteiger charge is 2.27. The van der Waals surface area contributed by atoms with Gasteiger partial charge in [0, 0.05) is 29.9 Å². The van der Waals surface area contributed by atoms with Crippen LogP contribution in [-0.4, -0.2) is 37.6 Å². The van der Waals surface area contributed by atoms with E-state index in [-0.39, 0.29) is 10.5 Å². The summed E-state index contributed by atoms with van der Waals surface area (Å²) in [7, 11) is -3.58. The second kappa shape index (κ2) is 7.27. The molecule has 1 aliphatic heterocycles. The molecule has 0 atom stereocenters. The summed E-state index contributed by atoms with van der Waals surface area (Å²) in [5, 5.41) is 2.67. The lowest BCUT2D eigenvalue weighted by Crippen LogP contribution is -2.28. The molecule has 0 saturated carbocycles. The first-order valence-corrected chi connectivity index (χ1v) is 9.63. The van der Waals surface area contributed by atoms with Gasteiger partial charge in [0.15, 0.2) is 0 Å². The highest BCUT2D eigenvalue weighted by Crippen LogP contribution is 2.22. The van der Waals surface area contributed by atoms with Gasteiger partial charge in [-0.05, 0) is 55.3 Å². The molecule has 7 nitrogen and oxygen atoms in total. The quantitative estimate of drug-likeness (QED) is 0.833. The van der Waals surface area contributed by atoms with Gasteiger partial charge in [-0.2, -0.15) is 4.31 Å². The summed E-state index contributed by atoms with van der Waals surface area (Å²) < 4.78 is 26.7. The lowest BCUT2D eigenvalue weighted by molar-refractivity contribution is 0.0998. The van der Waals surface area contributed by atoms with Crippen molar-refractivity contribution in [2.24, 2.45) is 5.73 Å². The first kappa shape index (κ1) is 18.1. The van der Waals surface area contributed by atoms with Gasteiger partial charge < -0.3 is 11.1 Å². The molecule has 0 aliphatic carbocycles. The van der Waals surface area contributed by atoms with Crippen molar-refractivity contribution in [2.45, 2.75) is 17.7 Å². The van der Waals surface area contributed by atoms with Crippen LogP contribution in [0.2, 0.25) is 0 Å². The van der Waals surface area contributed by atoms with Crippen molar-refractivity contribution in [1.82, 2.24) is 4.31 Å². The average molecular weight is 373 g/mol. The van der Waals surface area contributed by atoms with E-state index in [9.17, 15) is 18.0 Å². The van der Waals surface area contributed by atoms with Crippen LogP contribution in [0, 0.1) is 0 Å². The number of anilines is 1. The first-order chi connectivity index (χ1) is 12.4. The van der Waals surface area contributed by atoms with Gasteiger partial charge in [0.2, 0.25) is 15.9 Å². The van der Waals surface area contributed by atoms with Crippen LogP contribution in [0.1, 0.15) is 33.6 Å². The number of carbonyl (C=O) groups is 2. The minimum absolute atomic E-state index is 0.108. The molecular formula is C18H19N3O4S. The number of amides is 2. The number of nitrogens with one attached hydrogen (secondary N) is 1. The van der Waals surface area contributed by atoms with Crippen LogP contribution in [0.3, 0.4) is 0 Å². The molecule has 0 radical (unpaired) electrons. The molecular weight excluding hydrogens is 354 g/mol. The second-order valence-corrected chi connectivity index (χ2v) is 7.97. The summed E-state index contributed by atoms with van der Waals surface area (Å²) in [6, 6.07) is 12.1. The van der Waals surface area contributed by atoms with Crippen LogP contribution in [0.25, 0.3) is 0 Å². The van der Waals surface area contributed by atoms with E-state index in [4.69, 9.17) is 5.73 Å². The molecule has 2 aromatic carbocycles. The van der Waals surface area contributed by atoms with Gasteiger partial charge in [0.1, 0.15) is 0 Å². The third-order valence-corrected chi connectivity index (χ3v) is 6.12. The normalized spacial score (nSPS) is 14.9. The molecule has 0 bridgehead atoms. The Morgan fingerprint density at radius 3 is 2.23 bits per heavy atom. The number of benzene rings is 2. The standard InChI is InChI=1S/C18H19N3O4S/c19-17(22)13-6-8-15(9-7-13)20-18(23)14-4-3-5-16(12-14)26(24,25)21-10-1-2-11-21/h3-9,12H,1-2,10-11H2,(H2,19,22)(H,20,23). The largest absolute Gasteiger partial charge is 0.366 e. The number of hydrogen-bond donors (Lipinski definition) is 2. The highest BCUT2D eigenvalue weighted by molar-refractivity contribution is 7.89. The Kier molecular flexibility index (Phi) is 5.06. The first-order valence-electron chi connectivity index (χ1n) is 8.19. The van der Waals surface area contributed by atoms with E-state index in [2.05, 4.69) is 5.32 Å². The van der Waals surface area contributed by atoms with Crippen LogP contribution in [0.15, 0.2) is 53.4 Å². The predicted molar refractivity (Wildman–Crippen MR) is 97.3 cm³/mol. The molecule has 0 aromatic heterocycles. The van der Waals surface area contributed by atoms with Crippen molar-refractivity contribution in [1.29, 1.82) is 0 Å². The number of nitrogens with two attached hydrogens (primary N) is 1. The van der Waals surface area contributed by atoms with Gasteiger partial charge in [-0.25, -0.2) is 8.42 Å². The summed E-state index contributed by atoms with van der Waals surface area (Å²) in [5.41, 5.74) is 6.23. The Labute approximate surface area is 151 Å². The van der Waals surface area contributed by atoms with Crippen molar-refractivity contribution in [3.63, 3.8) is 0 Å². The summed E-state index contributed by atoms with van der Waals surface area (Å²) in [4.78, 5) is 23.6. The molecule has 3 N–H and O–H groups in total. The molecule has 1 fully saturated rings. The lowest BCUT2D eigenvalue weighted by Gasteiger charge is -2.16. The van der Waals surface area contributed by atoms with Crippen LogP contribution < -0.4 is 11.1 Å². The average Bonchev–Trinajstić information content (AvgIpc) is 3.18. The van der Waals surface area contributed by atoms with Crippen molar-refractivity contribution < 1.29 is 18.0 Å². The number of hydrogen-bond acceptors (Lipinski definition) is 4. The number of rotatable bonds is 5. The molecule has 0 spiro atoms. The summed E-state index contributed by atoms with van der Waals surface area (Å²) in [6.45, 7) is 1.01. The van der Waals surface area contributed by atoms with Gasteiger partial charge in [0.05, 0.1) is 4.90 Å². The number of nitrogens with zero attached hydrogens (tertiary/aromatic N) is 1. The summed E-state index contributed by atoms with van der Waals surface area (Å²) in [5.74, 6) is -0.988. The van der Waals surface area contributed by atoms with E-state index in [1.165, 1.54) is 28.6 Å². The third kappa shape index (κ3) is 3.76. The Bertz CT molecular complexity index is 933. The zero-order valence-electron chi connectivity index (χ0n) is 14.0. The van der Waals surface area contributed by atoms with Gasteiger partial charge in [0.25, 0.3) is 5.91 Å². The van der Waals surface area contributed by atoms with Crippen molar-refractivity contribution >= 4 is 27.5 Å². The molecule has 1 saturated heterocycles. The lowest BCUT2D eigenvalue weighted by atomic mass is 10.2. The molecule has 8 heteroatoms. The van der Waals surface area contributed by atoms with Gasteiger partial charge >= 0.3 is 0 Å². The molecule has 1 aliphatic rings. The Balaban J connectivity index is 1.79. The minimum Gasteiger partial charge on any atom is -0.366 e. The van der Waals surface area contributed by atoms with Crippen molar-refractivity contribution in [3.8, 4) is 0 Å². The molecule has 136 valence electrons. The molecule has 1 heterocycles. The smallest absolute Gasteiger partial charge is 0.255 e. The SMILES string of the molecule is NC(=O)c1ccc(NC(=O)c2cccc(S(=O)(=O)N3CCCC3)c2)cc1. The second-order valence-electron chi connectivity index (χ2n) is 6.03. The van der Waals surface area contributed by atoms with Gasteiger partial charge in [-0.1, -0.05) is 6.07 Å². The van der Waals surface area contributed by atoms with E-state index in [1.807, 2.05) is 0 Å². The maximum absolute atomic E-state index is 12.6. The summed E-state index contributed by atoms with van der Waals surface area (Å²) in [6.07, 6.45) is 1.70. The molecule has 2 aromatic rings. The predicted octanol–water partition coefficient (Wildman–Crippen LogP) is 1.82.